The minimum absolute atomic E-state index is 0.0663. The van der Waals surface area contributed by atoms with Gasteiger partial charge in [0.05, 0.1) is 5.54 Å². The van der Waals surface area contributed by atoms with Crippen molar-refractivity contribution in [1.29, 1.82) is 0 Å². The molecular weight excluding hydrogens is 374 g/mol. The van der Waals surface area contributed by atoms with Crippen molar-refractivity contribution in [3.8, 4) is 0 Å². The number of piperidine rings is 1. The number of benzene rings is 2. The summed E-state index contributed by atoms with van der Waals surface area (Å²) in [6.07, 6.45) is 0.838. The van der Waals surface area contributed by atoms with E-state index in [2.05, 4.69) is 19.2 Å². The Hall–Kier alpha value is -2.37. The summed E-state index contributed by atoms with van der Waals surface area (Å²) in [7, 11) is 0. The van der Waals surface area contributed by atoms with Gasteiger partial charge >= 0.3 is 0 Å². The van der Waals surface area contributed by atoms with Gasteiger partial charge in [0.25, 0.3) is 5.91 Å². The molecular formula is C22H26ClN3O2. The van der Waals surface area contributed by atoms with Gasteiger partial charge in [-0.25, -0.2) is 0 Å². The van der Waals surface area contributed by atoms with E-state index >= 15 is 0 Å². The van der Waals surface area contributed by atoms with Crippen LogP contribution in [0.2, 0.25) is 5.02 Å². The summed E-state index contributed by atoms with van der Waals surface area (Å²) < 4.78 is 0. The van der Waals surface area contributed by atoms with E-state index in [9.17, 15) is 9.59 Å². The average molecular weight is 400 g/mol. The van der Waals surface area contributed by atoms with Crippen LogP contribution in [0.15, 0.2) is 48.5 Å². The lowest BCUT2D eigenvalue weighted by Crippen LogP contribution is -2.58. The second-order valence-corrected chi connectivity index (χ2v) is 8.12. The molecule has 5 nitrogen and oxygen atoms in total. The van der Waals surface area contributed by atoms with Crippen LogP contribution in [0.1, 0.15) is 48.5 Å². The first kappa shape index (κ1) is 20.4. The van der Waals surface area contributed by atoms with E-state index in [1.54, 1.807) is 29.2 Å². The van der Waals surface area contributed by atoms with Gasteiger partial charge in [-0.2, -0.15) is 0 Å². The third-order valence-electron chi connectivity index (χ3n) is 5.32. The molecule has 2 aromatic rings. The zero-order valence-electron chi connectivity index (χ0n) is 16.2. The van der Waals surface area contributed by atoms with E-state index in [-0.39, 0.29) is 11.8 Å². The number of nitrogens with two attached hydrogens (primary N) is 1. The molecule has 0 radical (unpaired) electrons. The van der Waals surface area contributed by atoms with Crippen LogP contribution in [0.5, 0.6) is 0 Å². The van der Waals surface area contributed by atoms with Gasteiger partial charge in [0.1, 0.15) is 0 Å². The van der Waals surface area contributed by atoms with Crippen molar-refractivity contribution in [2.75, 3.05) is 18.4 Å². The fourth-order valence-corrected chi connectivity index (χ4v) is 3.44. The Kier molecular flexibility index (Phi) is 6.06. The number of nitrogens with one attached hydrogen (secondary N) is 1. The highest BCUT2D eigenvalue weighted by Crippen LogP contribution is 2.24. The molecule has 3 rings (SSSR count). The van der Waals surface area contributed by atoms with Gasteiger partial charge < -0.3 is 16.0 Å². The summed E-state index contributed by atoms with van der Waals surface area (Å²) in [5.41, 5.74) is 7.94. The van der Waals surface area contributed by atoms with Crippen molar-refractivity contribution < 1.29 is 9.59 Å². The van der Waals surface area contributed by atoms with Gasteiger partial charge in [0, 0.05) is 29.4 Å². The van der Waals surface area contributed by atoms with Crippen molar-refractivity contribution in [2.24, 2.45) is 5.73 Å². The van der Waals surface area contributed by atoms with Crippen LogP contribution >= 0.6 is 11.6 Å². The van der Waals surface area contributed by atoms with Gasteiger partial charge in [-0.1, -0.05) is 37.6 Å². The summed E-state index contributed by atoms with van der Waals surface area (Å²) in [5.74, 6) is 0.167. The summed E-state index contributed by atoms with van der Waals surface area (Å²) >= 11 is 5.88. The number of carbonyl (C=O) groups is 2. The van der Waals surface area contributed by atoms with Crippen LogP contribution in [0, 0.1) is 0 Å². The SMILES string of the molecule is CC(C)c1ccc(NC(=O)C2(N)CCN(C(=O)c3ccc(Cl)cc3)CC2)cc1. The molecule has 0 bridgehead atoms. The van der Waals surface area contributed by atoms with E-state index in [0.29, 0.717) is 42.4 Å². The second-order valence-electron chi connectivity index (χ2n) is 7.69. The van der Waals surface area contributed by atoms with Crippen molar-refractivity contribution >= 4 is 29.1 Å². The zero-order valence-corrected chi connectivity index (χ0v) is 17.0. The van der Waals surface area contributed by atoms with E-state index in [4.69, 9.17) is 17.3 Å². The maximum absolute atomic E-state index is 12.7. The lowest BCUT2D eigenvalue weighted by molar-refractivity contribution is -0.122. The van der Waals surface area contributed by atoms with Gasteiger partial charge in [-0.3, -0.25) is 9.59 Å². The molecule has 148 valence electrons. The summed E-state index contributed by atoms with van der Waals surface area (Å²) in [6.45, 7) is 5.14. The molecule has 1 heterocycles. The van der Waals surface area contributed by atoms with Crippen LogP contribution in [0.25, 0.3) is 0 Å². The summed E-state index contributed by atoms with van der Waals surface area (Å²) in [5, 5.41) is 3.51. The number of carbonyl (C=O) groups excluding carboxylic acids is 2. The van der Waals surface area contributed by atoms with Crippen LogP contribution in [0.4, 0.5) is 5.69 Å². The van der Waals surface area contributed by atoms with Gasteiger partial charge in [0.15, 0.2) is 0 Å². The first-order chi connectivity index (χ1) is 13.3. The van der Waals surface area contributed by atoms with Crippen LogP contribution in [0.3, 0.4) is 0 Å². The van der Waals surface area contributed by atoms with Gasteiger partial charge in [-0.05, 0) is 60.7 Å². The van der Waals surface area contributed by atoms with Crippen LogP contribution in [-0.4, -0.2) is 35.3 Å². The molecule has 0 spiro atoms. The van der Waals surface area contributed by atoms with Gasteiger partial charge in [-0.15, -0.1) is 0 Å². The van der Waals surface area contributed by atoms with Crippen molar-refractivity contribution in [1.82, 2.24) is 4.90 Å². The zero-order chi connectivity index (χ0) is 20.3. The van der Waals surface area contributed by atoms with E-state index in [0.717, 1.165) is 5.69 Å². The Morgan fingerprint density at radius 2 is 1.61 bits per heavy atom. The van der Waals surface area contributed by atoms with Crippen LogP contribution < -0.4 is 11.1 Å². The number of hydrogen-bond acceptors (Lipinski definition) is 3. The highest BCUT2D eigenvalue weighted by molar-refractivity contribution is 6.30. The Labute approximate surface area is 170 Å². The number of amides is 2. The molecule has 0 aliphatic carbocycles. The first-order valence-electron chi connectivity index (χ1n) is 9.54. The van der Waals surface area contributed by atoms with Crippen molar-refractivity contribution in [3.63, 3.8) is 0 Å². The monoisotopic (exact) mass is 399 g/mol. The Morgan fingerprint density at radius 1 is 1.04 bits per heavy atom. The molecule has 6 heteroatoms. The predicted octanol–water partition coefficient (Wildman–Crippen LogP) is 4.04. The maximum atomic E-state index is 12.7. The summed E-state index contributed by atoms with van der Waals surface area (Å²) in [4.78, 5) is 27.1. The van der Waals surface area contributed by atoms with Crippen molar-refractivity contribution in [3.05, 3.63) is 64.7 Å². The minimum Gasteiger partial charge on any atom is -0.338 e. The molecule has 1 aliphatic heterocycles. The largest absolute Gasteiger partial charge is 0.338 e. The standard InChI is InChI=1S/C22H26ClN3O2/c1-15(2)16-5-9-19(10-6-16)25-21(28)22(24)11-13-26(14-12-22)20(27)17-3-7-18(23)8-4-17/h3-10,15H,11-14,24H2,1-2H3,(H,25,28). The summed E-state index contributed by atoms with van der Waals surface area (Å²) in [6, 6.07) is 14.6. The van der Waals surface area contributed by atoms with Gasteiger partial charge in [0.2, 0.25) is 5.91 Å². The average Bonchev–Trinajstić information content (AvgIpc) is 2.69. The Morgan fingerprint density at radius 3 is 2.14 bits per heavy atom. The lowest BCUT2D eigenvalue weighted by atomic mass is 9.87. The topological polar surface area (TPSA) is 75.4 Å². The third kappa shape index (κ3) is 4.54. The molecule has 1 saturated heterocycles. The molecule has 0 aromatic heterocycles. The first-order valence-corrected chi connectivity index (χ1v) is 9.91. The third-order valence-corrected chi connectivity index (χ3v) is 5.57. The molecule has 1 fully saturated rings. The normalized spacial score (nSPS) is 16.1. The maximum Gasteiger partial charge on any atom is 0.253 e. The lowest BCUT2D eigenvalue weighted by Gasteiger charge is -2.38. The molecule has 0 unspecified atom stereocenters. The molecule has 28 heavy (non-hydrogen) atoms. The quantitative estimate of drug-likeness (QED) is 0.814. The molecule has 0 saturated carbocycles. The Bertz CT molecular complexity index is 839. The number of anilines is 1. The number of rotatable bonds is 4. The molecule has 2 amide bonds. The van der Waals surface area contributed by atoms with E-state index in [1.807, 2.05) is 24.3 Å². The van der Waals surface area contributed by atoms with Crippen molar-refractivity contribution in [2.45, 2.75) is 38.1 Å². The number of hydrogen-bond donors (Lipinski definition) is 2. The molecule has 2 aromatic carbocycles. The van der Waals surface area contributed by atoms with E-state index < -0.39 is 5.54 Å². The van der Waals surface area contributed by atoms with Crippen LogP contribution in [-0.2, 0) is 4.79 Å². The number of halogens is 1. The second kappa shape index (κ2) is 8.33. The molecule has 0 atom stereocenters. The minimum atomic E-state index is -0.979. The fraction of sp³-hybridized carbons (Fsp3) is 0.364. The predicted molar refractivity (Wildman–Crippen MR) is 113 cm³/mol. The molecule has 1 aliphatic rings. The smallest absolute Gasteiger partial charge is 0.253 e. The highest BCUT2D eigenvalue weighted by Gasteiger charge is 2.39. The highest BCUT2D eigenvalue weighted by atomic mass is 35.5. The number of nitrogens with zero attached hydrogens (tertiary/aromatic N) is 1. The fourth-order valence-electron chi connectivity index (χ4n) is 3.32. The number of likely N-dealkylation sites (tertiary alicyclic amines) is 1. The molecule has 3 N–H and O–H groups in total. The Balaban J connectivity index is 1.59. The van der Waals surface area contributed by atoms with E-state index in [1.165, 1.54) is 5.56 Å².